The van der Waals surface area contributed by atoms with Gasteiger partial charge < -0.3 is 14.5 Å². The van der Waals surface area contributed by atoms with E-state index in [9.17, 15) is 17.4 Å². The topological polar surface area (TPSA) is 77.1 Å². The van der Waals surface area contributed by atoms with Gasteiger partial charge in [0.25, 0.3) is 0 Å². The lowest BCUT2D eigenvalue weighted by Gasteiger charge is -2.12. The molecule has 10 heteroatoms. The molecular formula is C17H16F3N3O3S. The summed E-state index contributed by atoms with van der Waals surface area (Å²) in [5, 5.41) is 0. The number of methoxy groups -OCH3 is 1. The number of alkyl halides is 3. The smallest absolute Gasteiger partial charge is 0.422 e. The van der Waals surface area contributed by atoms with Crippen LogP contribution in [-0.2, 0) is 10.8 Å². The summed E-state index contributed by atoms with van der Waals surface area (Å²) in [5.74, 6) is 0.836. The van der Waals surface area contributed by atoms with Gasteiger partial charge in [-0.15, -0.1) is 0 Å². The van der Waals surface area contributed by atoms with Crippen molar-refractivity contribution in [3.05, 3.63) is 30.0 Å². The Morgan fingerprint density at radius 2 is 1.96 bits per heavy atom. The van der Waals surface area contributed by atoms with E-state index < -0.39 is 23.6 Å². The number of ether oxygens (including phenoxy) is 2. The van der Waals surface area contributed by atoms with Crippen molar-refractivity contribution in [1.82, 2.24) is 15.0 Å². The first kappa shape index (κ1) is 19.2. The molecule has 0 spiro atoms. The molecule has 0 aliphatic heterocycles. The van der Waals surface area contributed by atoms with E-state index in [-0.39, 0.29) is 5.75 Å². The molecule has 1 atom stereocenters. The largest absolute Gasteiger partial charge is 0.495 e. The molecule has 0 bridgehead atoms. The number of imidazole rings is 1. The van der Waals surface area contributed by atoms with Gasteiger partial charge in [-0.2, -0.15) is 13.2 Å². The van der Waals surface area contributed by atoms with Crippen LogP contribution in [0.2, 0.25) is 0 Å². The summed E-state index contributed by atoms with van der Waals surface area (Å²) in [7, 11) is 0.112. The molecule has 0 radical (unpaired) electrons. The maximum Gasteiger partial charge on any atom is 0.422 e. The summed E-state index contributed by atoms with van der Waals surface area (Å²) in [5.41, 5.74) is 1.82. The lowest BCUT2D eigenvalue weighted by Crippen LogP contribution is -2.19. The van der Waals surface area contributed by atoms with Gasteiger partial charge in [-0.25, -0.2) is 4.98 Å². The number of benzene rings is 1. The van der Waals surface area contributed by atoms with Crippen LogP contribution in [0.4, 0.5) is 13.2 Å². The number of fused-ring (bicyclic) bond motifs is 1. The van der Waals surface area contributed by atoms with Gasteiger partial charge in [0.15, 0.2) is 12.4 Å². The summed E-state index contributed by atoms with van der Waals surface area (Å²) in [6.07, 6.45) is -1.58. The summed E-state index contributed by atoms with van der Waals surface area (Å²) in [6.45, 7) is 0.203. The molecule has 6 nitrogen and oxygen atoms in total. The monoisotopic (exact) mass is 399 g/mol. The summed E-state index contributed by atoms with van der Waals surface area (Å²) < 4.78 is 59.5. The van der Waals surface area contributed by atoms with Gasteiger partial charge in [-0.1, -0.05) is 0 Å². The second-order valence-electron chi connectivity index (χ2n) is 5.72. The first-order chi connectivity index (χ1) is 12.7. The van der Waals surface area contributed by atoms with Crippen LogP contribution in [-0.4, -0.2) is 45.3 Å². The summed E-state index contributed by atoms with van der Waals surface area (Å²) >= 11 is 0. The van der Waals surface area contributed by atoms with E-state index >= 15 is 0 Å². The number of hydrogen-bond donors (Lipinski definition) is 1. The van der Waals surface area contributed by atoms with Crippen molar-refractivity contribution >= 4 is 21.8 Å². The Morgan fingerprint density at radius 3 is 2.59 bits per heavy atom. The third-order valence-corrected chi connectivity index (χ3v) is 4.82. The second kappa shape index (κ2) is 7.18. The quantitative estimate of drug-likeness (QED) is 0.709. The molecular weight excluding hydrogens is 383 g/mol. The number of halogens is 3. The first-order valence-corrected chi connectivity index (χ1v) is 9.32. The van der Waals surface area contributed by atoms with Gasteiger partial charge in [-0.3, -0.25) is 9.19 Å². The SMILES string of the molecule is COc1ccc2[nH]c(-c3nccc(OCC(F)(F)F)c3C)nc2c1S(C)=O. The minimum Gasteiger partial charge on any atom is -0.495 e. The normalized spacial score (nSPS) is 13.0. The number of hydrogen-bond acceptors (Lipinski definition) is 5. The highest BCUT2D eigenvalue weighted by Gasteiger charge is 2.29. The van der Waals surface area contributed by atoms with Gasteiger partial charge in [0.2, 0.25) is 0 Å². The lowest BCUT2D eigenvalue weighted by molar-refractivity contribution is -0.153. The molecule has 0 amide bonds. The minimum atomic E-state index is -4.44. The van der Waals surface area contributed by atoms with E-state index in [0.29, 0.717) is 38.8 Å². The Morgan fingerprint density at radius 1 is 1.22 bits per heavy atom. The van der Waals surface area contributed by atoms with E-state index in [1.54, 1.807) is 19.1 Å². The second-order valence-corrected chi connectivity index (χ2v) is 7.04. The molecule has 1 N–H and O–H groups in total. The standard InChI is InChI=1S/C17H16F3N3O3S/c1-9-11(26-8-17(18,19)20)6-7-21-13(9)16-22-10-4-5-12(25-2)15(27(3)24)14(10)23-16/h4-7H,8H2,1-3H3,(H,22,23). The van der Waals surface area contributed by atoms with Gasteiger partial charge in [0.05, 0.1) is 23.4 Å². The average Bonchev–Trinajstić information content (AvgIpc) is 3.02. The number of aromatic amines is 1. The van der Waals surface area contributed by atoms with Crippen LogP contribution < -0.4 is 9.47 Å². The highest BCUT2D eigenvalue weighted by atomic mass is 32.2. The number of pyridine rings is 1. The first-order valence-electron chi connectivity index (χ1n) is 7.77. The molecule has 3 aromatic rings. The number of H-pyrrole nitrogens is 1. The Bertz CT molecular complexity index is 1020. The average molecular weight is 399 g/mol. The van der Waals surface area contributed by atoms with Gasteiger partial charge in [0, 0.05) is 18.0 Å². The molecule has 3 rings (SSSR count). The fraction of sp³-hybridized carbons (Fsp3) is 0.294. The number of rotatable bonds is 5. The maximum atomic E-state index is 12.4. The van der Waals surface area contributed by atoms with Crippen LogP contribution >= 0.6 is 0 Å². The highest BCUT2D eigenvalue weighted by Crippen LogP contribution is 2.33. The Labute approximate surface area is 155 Å². The van der Waals surface area contributed by atoms with E-state index in [4.69, 9.17) is 9.47 Å². The fourth-order valence-electron chi connectivity index (χ4n) is 2.66. The molecule has 0 saturated heterocycles. The Balaban J connectivity index is 2.08. The maximum absolute atomic E-state index is 12.4. The lowest BCUT2D eigenvalue weighted by atomic mass is 10.2. The predicted molar refractivity (Wildman–Crippen MR) is 94.5 cm³/mol. The van der Waals surface area contributed by atoms with Crippen LogP contribution in [0.25, 0.3) is 22.6 Å². The highest BCUT2D eigenvalue weighted by molar-refractivity contribution is 7.84. The zero-order chi connectivity index (χ0) is 19.8. The van der Waals surface area contributed by atoms with Crippen molar-refractivity contribution in [3.63, 3.8) is 0 Å². The molecule has 1 aromatic carbocycles. The third kappa shape index (κ3) is 3.90. The molecule has 27 heavy (non-hydrogen) atoms. The van der Waals surface area contributed by atoms with Crippen LogP contribution in [0.15, 0.2) is 29.3 Å². The zero-order valence-corrected chi connectivity index (χ0v) is 15.5. The summed E-state index contributed by atoms with van der Waals surface area (Å²) in [6, 6.07) is 4.76. The van der Waals surface area contributed by atoms with Crippen molar-refractivity contribution in [2.75, 3.05) is 20.0 Å². The Hall–Kier alpha value is -2.62. The van der Waals surface area contributed by atoms with E-state index in [1.807, 2.05) is 0 Å². The number of nitrogens with one attached hydrogen (secondary N) is 1. The number of nitrogens with zero attached hydrogens (tertiary/aromatic N) is 2. The molecule has 2 heterocycles. The fourth-order valence-corrected chi connectivity index (χ4v) is 3.52. The van der Waals surface area contributed by atoms with E-state index in [1.165, 1.54) is 25.6 Å². The Kier molecular flexibility index (Phi) is 5.09. The molecule has 0 aliphatic carbocycles. The predicted octanol–water partition coefficient (Wildman–Crippen LogP) is 3.62. The van der Waals surface area contributed by atoms with E-state index in [2.05, 4.69) is 15.0 Å². The van der Waals surface area contributed by atoms with Crippen molar-refractivity contribution in [2.45, 2.75) is 18.0 Å². The minimum absolute atomic E-state index is 0.0645. The van der Waals surface area contributed by atoms with Gasteiger partial charge >= 0.3 is 6.18 Å². The molecule has 0 saturated carbocycles. The molecule has 1 unspecified atom stereocenters. The van der Waals surface area contributed by atoms with Crippen LogP contribution in [0, 0.1) is 6.92 Å². The van der Waals surface area contributed by atoms with E-state index in [0.717, 1.165) is 0 Å². The molecule has 0 aliphatic rings. The third-order valence-electron chi connectivity index (χ3n) is 3.85. The zero-order valence-electron chi connectivity index (χ0n) is 14.7. The molecule has 2 aromatic heterocycles. The van der Waals surface area contributed by atoms with Crippen molar-refractivity contribution < 1.29 is 26.9 Å². The van der Waals surface area contributed by atoms with Crippen LogP contribution in [0.1, 0.15) is 5.56 Å². The van der Waals surface area contributed by atoms with Crippen LogP contribution in [0.5, 0.6) is 11.5 Å². The van der Waals surface area contributed by atoms with Crippen molar-refractivity contribution in [3.8, 4) is 23.0 Å². The molecule has 0 fully saturated rings. The van der Waals surface area contributed by atoms with Crippen LogP contribution in [0.3, 0.4) is 0 Å². The van der Waals surface area contributed by atoms with Gasteiger partial charge in [0.1, 0.15) is 27.6 Å². The van der Waals surface area contributed by atoms with Gasteiger partial charge in [-0.05, 0) is 25.1 Å². The summed E-state index contributed by atoms with van der Waals surface area (Å²) in [4.78, 5) is 12.1. The number of aromatic nitrogens is 3. The van der Waals surface area contributed by atoms with Crippen molar-refractivity contribution in [2.24, 2.45) is 0 Å². The molecule has 144 valence electrons. The van der Waals surface area contributed by atoms with Crippen molar-refractivity contribution in [1.29, 1.82) is 0 Å².